The lowest BCUT2D eigenvalue weighted by atomic mass is 10.1. The average molecular weight is 277 g/mol. The number of benzene rings is 2. The number of nitriles is 2. The van der Waals surface area contributed by atoms with Crippen LogP contribution in [-0.4, -0.2) is 12.5 Å². The second-order valence-corrected chi connectivity index (χ2v) is 4.12. The van der Waals surface area contributed by atoms with Crippen molar-refractivity contribution in [2.75, 3.05) is 11.9 Å². The standard InChI is InChI=1S/C16H11N3O2/c17-8-9-21-15-3-1-2-14(10-15)19-16(20)13-6-4-12(11-18)5-7-13/h1-7,10H,9H2,(H,19,20). The van der Waals surface area contributed by atoms with Gasteiger partial charge in [0.15, 0.2) is 6.61 Å². The number of anilines is 1. The van der Waals surface area contributed by atoms with Crippen molar-refractivity contribution in [2.45, 2.75) is 0 Å². The fraction of sp³-hybridized carbons (Fsp3) is 0.0625. The van der Waals surface area contributed by atoms with Gasteiger partial charge in [-0.25, -0.2) is 0 Å². The Balaban J connectivity index is 2.08. The van der Waals surface area contributed by atoms with Crippen LogP contribution in [0.4, 0.5) is 5.69 Å². The number of carbonyl (C=O) groups excluding carboxylic acids is 1. The summed E-state index contributed by atoms with van der Waals surface area (Å²) in [6, 6.07) is 17.0. The van der Waals surface area contributed by atoms with E-state index in [1.807, 2.05) is 12.1 Å². The van der Waals surface area contributed by atoms with Gasteiger partial charge >= 0.3 is 0 Å². The maximum atomic E-state index is 12.1. The summed E-state index contributed by atoms with van der Waals surface area (Å²) < 4.78 is 5.16. The first-order valence-electron chi connectivity index (χ1n) is 6.14. The lowest BCUT2D eigenvalue weighted by molar-refractivity contribution is 0.102. The summed E-state index contributed by atoms with van der Waals surface area (Å²) in [7, 11) is 0. The van der Waals surface area contributed by atoms with Gasteiger partial charge in [0.25, 0.3) is 5.91 Å². The minimum atomic E-state index is -0.281. The molecule has 0 atom stereocenters. The van der Waals surface area contributed by atoms with Gasteiger partial charge in [0.1, 0.15) is 11.8 Å². The Morgan fingerprint density at radius 1 is 1.14 bits per heavy atom. The molecule has 0 aliphatic rings. The fourth-order valence-corrected chi connectivity index (χ4v) is 1.68. The van der Waals surface area contributed by atoms with E-state index in [4.69, 9.17) is 15.3 Å². The van der Waals surface area contributed by atoms with Crippen molar-refractivity contribution < 1.29 is 9.53 Å². The molecule has 0 aliphatic heterocycles. The number of hydrogen-bond donors (Lipinski definition) is 1. The molecule has 0 fully saturated rings. The second-order valence-electron chi connectivity index (χ2n) is 4.12. The lowest BCUT2D eigenvalue weighted by Crippen LogP contribution is -2.11. The molecule has 0 heterocycles. The third-order valence-corrected chi connectivity index (χ3v) is 2.67. The molecule has 2 rings (SSSR count). The molecule has 0 saturated carbocycles. The van der Waals surface area contributed by atoms with Crippen molar-refractivity contribution >= 4 is 11.6 Å². The molecule has 0 bridgehead atoms. The molecule has 0 saturated heterocycles. The van der Waals surface area contributed by atoms with Crippen LogP contribution in [0.15, 0.2) is 48.5 Å². The van der Waals surface area contributed by atoms with E-state index in [1.165, 1.54) is 0 Å². The van der Waals surface area contributed by atoms with Crippen LogP contribution in [0.3, 0.4) is 0 Å². The molecule has 102 valence electrons. The van der Waals surface area contributed by atoms with E-state index in [1.54, 1.807) is 48.5 Å². The van der Waals surface area contributed by atoms with Gasteiger partial charge in [0, 0.05) is 17.3 Å². The number of nitrogens with one attached hydrogen (secondary N) is 1. The van der Waals surface area contributed by atoms with Crippen LogP contribution in [-0.2, 0) is 0 Å². The van der Waals surface area contributed by atoms with Crippen LogP contribution in [0, 0.1) is 22.7 Å². The normalized spacial score (nSPS) is 9.24. The SMILES string of the molecule is N#CCOc1cccc(NC(=O)c2ccc(C#N)cc2)c1. The van der Waals surface area contributed by atoms with Gasteiger partial charge in [-0.1, -0.05) is 6.07 Å². The van der Waals surface area contributed by atoms with E-state index in [-0.39, 0.29) is 12.5 Å². The van der Waals surface area contributed by atoms with Crippen LogP contribution in [0.25, 0.3) is 0 Å². The smallest absolute Gasteiger partial charge is 0.255 e. The van der Waals surface area contributed by atoms with Gasteiger partial charge in [-0.2, -0.15) is 10.5 Å². The average Bonchev–Trinajstić information content (AvgIpc) is 2.53. The van der Waals surface area contributed by atoms with E-state index in [0.717, 1.165) is 0 Å². The van der Waals surface area contributed by atoms with E-state index >= 15 is 0 Å². The van der Waals surface area contributed by atoms with Crippen LogP contribution in [0.2, 0.25) is 0 Å². The summed E-state index contributed by atoms with van der Waals surface area (Å²) >= 11 is 0. The van der Waals surface area contributed by atoms with Gasteiger partial charge in [0.05, 0.1) is 11.6 Å². The monoisotopic (exact) mass is 277 g/mol. The van der Waals surface area contributed by atoms with Gasteiger partial charge in [-0.05, 0) is 36.4 Å². The molecule has 0 radical (unpaired) electrons. The zero-order valence-corrected chi connectivity index (χ0v) is 11.0. The lowest BCUT2D eigenvalue weighted by Gasteiger charge is -2.07. The number of carbonyl (C=O) groups is 1. The Morgan fingerprint density at radius 2 is 1.90 bits per heavy atom. The van der Waals surface area contributed by atoms with Gasteiger partial charge in [-0.15, -0.1) is 0 Å². The zero-order valence-electron chi connectivity index (χ0n) is 11.0. The minimum Gasteiger partial charge on any atom is -0.479 e. The topological polar surface area (TPSA) is 85.9 Å². The summed E-state index contributed by atoms with van der Waals surface area (Å²) in [4.78, 5) is 12.1. The Morgan fingerprint density at radius 3 is 2.57 bits per heavy atom. The first-order valence-corrected chi connectivity index (χ1v) is 6.14. The molecule has 5 nitrogen and oxygen atoms in total. The van der Waals surface area contributed by atoms with Crippen LogP contribution in [0.5, 0.6) is 5.75 Å². The highest BCUT2D eigenvalue weighted by Gasteiger charge is 2.06. The molecule has 1 N–H and O–H groups in total. The molecule has 0 spiro atoms. The summed E-state index contributed by atoms with van der Waals surface area (Å²) in [6.45, 7) is -0.0486. The minimum absolute atomic E-state index is 0.0486. The van der Waals surface area contributed by atoms with Crippen molar-refractivity contribution in [3.05, 3.63) is 59.7 Å². The number of hydrogen-bond acceptors (Lipinski definition) is 4. The van der Waals surface area contributed by atoms with Crippen LogP contribution < -0.4 is 10.1 Å². The maximum absolute atomic E-state index is 12.1. The Hall–Kier alpha value is -3.31. The predicted molar refractivity (Wildman–Crippen MR) is 76.7 cm³/mol. The second kappa shape index (κ2) is 6.74. The van der Waals surface area contributed by atoms with Crippen LogP contribution >= 0.6 is 0 Å². The zero-order chi connectivity index (χ0) is 15.1. The first kappa shape index (κ1) is 14.1. The molecule has 0 aromatic heterocycles. The summed E-state index contributed by atoms with van der Waals surface area (Å²) in [6.07, 6.45) is 0. The Kier molecular flexibility index (Phi) is 4.53. The molecule has 5 heteroatoms. The highest BCUT2D eigenvalue weighted by atomic mass is 16.5. The van der Waals surface area contributed by atoms with E-state index < -0.39 is 0 Å². The highest BCUT2D eigenvalue weighted by Crippen LogP contribution is 2.18. The van der Waals surface area contributed by atoms with Crippen molar-refractivity contribution in [2.24, 2.45) is 0 Å². The Bertz CT molecular complexity index is 724. The number of rotatable bonds is 4. The molecule has 2 aromatic rings. The molecular formula is C16H11N3O2. The van der Waals surface area contributed by atoms with Crippen molar-refractivity contribution in [1.82, 2.24) is 0 Å². The largest absolute Gasteiger partial charge is 0.479 e. The maximum Gasteiger partial charge on any atom is 0.255 e. The van der Waals surface area contributed by atoms with Crippen molar-refractivity contribution in [3.8, 4) is 17.9 Å². The first-order chi connectivity index (χ1) is 10.2. The quantitative estimate of drug-likeness (QED) is 0.930. The molecule has 21 heavy (non-hydrogen) atoms. The summed E-state index contributed by atoms with van der Waals surface area (Å²) in [5, 5.41) is 19.9. The van der Waals surface area contributed by atoms with Crippen LogP contribution in [0.1, 0.15) is 15.9 Å². The molecule has 2 aromatic carbocycles. The fourth-order valence-electron chi connectivity index (χ4n) is 1.68. The molecule has 1 amide bonds. The van der Waals surface area contributed by atoms with Gasteiger partial charge in [-0.3, -0.25) is 4.79 Å². The number of ether oxygens (including phenoxy) is 1. The van der Waals surface area contributed by atoms with E-state index in [0.29, 0.717) is 22.6 Å². The van der Waals surface area contributed by atoms with Gasteiger partial charge in [0.2, 0.25) is 0 Å². The number of nitrogens with zero attached hydrogens (tertiary/aromatic N) is 2. The van der Waals surface area contributed by atoms with Gasteiger partial charge < -0.3 is 10.1 Å². The van der Waals surface area contributed by atoms with Crippen molar-refractivity contribution in [1.29, 1.82) is 10.5 Å². The third-order valence-electron chi connectivity index (χ3n) is 2.67. The van der Waals surface area contributed by atoms with E-state index in [9.17, 15) is 4.79 Å². The molecular weight excluding hydrogens is 266 g/mol. The predicted octanol–water partition coefficient (Wildman–Crippen LogP) is 2.71. The highest BCUT2D eigenvalue weighted by molar-refractivity contribution is 6.04. The third kappa shape index (κ3) is 3.82. The molecule has 0 aliphatic carbocycles. The summed E-state index contributed by atoms with van der Waals surface area (Å²) in [5.41, 5.74) is 1.52. The Labute approximate surface area is 122 Å². The number of amides is 1. The summed E-state index contributed by atoms with van der Waals surface area (Å²) in [5.74, 6) is 0.228. The van der Waals surface area contributed by atoms with E-state index in [2.05, 4.69) is 5.32 Å². The molecule has 0 unspecified atom stereocenters. The van der Waals surface area contributed by atoms with Crippen molar-refractivity contribution in [3.63, 3.8) is 0 Å².